The molecule has 2 nitrogen and oxygen atoms in total. The molecule has 0 aromatic heterocycles. The Morgan fingerprint density at radius 1 is 1.15 bits per heavy atom. The highest BCUT2D eigenvalue weighted by atomic mass is 16.5. The van der Waals surface area contributed by atoms with Crippen molar-refractivity contribution in [2.45, 2.75) is 19.4 Å². The van der Waals surface area contributed by atoms with Gasteiger partial charge in [0.05, 0.1) is 13.2 Å². The molecule has 1 aromatic carbocycles. The van der Waals surface area contributed by atoms with Crippen molar-refractivity contribution in [3.8, 4) is 0 Å². The number of hydrogen-bond donors (Lipinski definition) is 0. The minimum atomic E-state index is 0.536. The fraction of sp³-hybridized carbons (Fsp3) is 0.273. The van der Waals surface area contributed by atoms with E-state index >= 15 is 0 Å². The number of unbranched alkanes of at least 4 members (excludes halogenated alkanes) is 1. The van der Waals surface area contributed by atoms with E-state index in [1.807, 2.05) is 30.3 Å². The third-order valence-corrected chi connectivity index (χ3v) is 1.61. The Balaban J connectivity index is 2.10. The Morgan fingerprint density at radius 3 is 2.62 bits per heavy atom. The van der Waals surface area contributed by atoms with E-state index in [1.165, 1.54) is 0 Å². The summed E-state index contributed by atoms with van der Waals surface area (Å²) >= 11 is 0. The van der Waals surface area contributed by atoms with Crippen LogP contribution in [0, 0.1) is 6.61 Å². The molecule has 0 saturated heterocycles. The standard InChI is InChI=1S/C11H13O2/c12-8-4-5-9-13-10-11-6-2-1-3-7-11/h1-3,6-9H,4-5,10H2. The molecule has 0 heterocycles. The molecule has 0 saturated carbocycles. The average molecular weight is 177 g/mol. The highest BCUT2D eigenvalue weighted by Gasteiger charge is 1.91. The topological polar surface area (TPSA) is 26.3 Å². The number of hydrogen-bond acceptors (Lipinski definition) is 2. The summed E-state index contributed by atoms with van der Waals surface area (Å²) in [7, 11) is 0. The zero-order valence-corrected chi connectivity index (χ0v) is 7.48. The quantitative estimate of drug-likeness (QED) is 0.492. The van der Waals surface area contributed by atoms with Gasteiger partial charge in [0.1, 0.15) is 6.29 Å². The lowest BCUT2D eigenvalue weighted by atomic mass is 10.2. The lowest BCUT2D eigenvalue weighted by Gasteiger charge is -2.01. The second-order valence-electron chi connectivity index (χ2n) is 2.71. The van der Waals surface area contributed by atoms with Crippen LogP contribution in [0.3, 0.4) is 0 Å². The van der Waals surface area contributed by atoms with Crippen LogP contribution in [0.1, 0.15) is 18.4 Å². The number of carbonyl (C=O) groups excluding carboxylic acids is 1. The van der Waals surface area contributed by atoms with Crippen molar-refractivity contribution in [3.05, 3.63) is 42.5 Å². The largest absolute Gasteiger partial charge is 0.371 e. The minimum Gasteiger partial charge on any atom is -0.371 e. The number of aldehydes is 1. The van der Waals surface area contributed by atoms with Crippen LogP contribution in [-0.2, 0) is 16.1 Å². The molecule has 69 valence electrons. The molecule has 2 heteroatoms. The van der Waals surface area contributed by atoms with E-state index in [4.69, 9.17) is 4.74 Å². The van der Waals surface area contributed by atoms with Crippen molar-refractivity contribution in [3.63, 3.8) is 0 Å². The number of benzene rings is 1. The van der Waals surface area contributed by atoms with Gasteiger partial charge in [0.15, 0.2) is 0 Å². The van der Waals surface area contributed by atoms with Gasteiger partial charge in [0.25, 0.3) is 0 Å². The van der Waals surface area contributed by atoms with E-state index in [0.717, 1.165) is 11.8 Å². The maximum atomic E-state index is 9.96. The fourth-order valence-corrected chi connectivity index (χ4v) is 0.949. The molecule has 0 N–H and O–H groups in total. The monoisotopic (exact) mass is 177 g/mol. The first-order valence-electron chi connectivity index (χ1n) is 4.34. The summed E-state index contributed by atoms with van der Waals surface area (Å²) in [6.07, 6.45) is 2.12. The summed E-state index contributed by atoms with van der Waals surface area (Å²) in [5.74, 6) is 0. The molecule has 0 aliphatic carbocycles. The van der Waals surface area contributed by atoms with Crippen LogP contribution >= 0.6 is 0 Å². The molecule has 13 heavy (non-hydrogen) atoms. The molecule has 0 aliphatic rings. The third kappa shape index (κ3) is 4.43. The van der Waals surface area contributed by atoms with Crippen molar-refractivity contribution in [2.75, 3.05) is 0 Å². The van der Waals surface area contributed by atoms with E-state index in [1.54, 1.807) is 6.61 Å². The first-order chi connectivity index (χ1) is 6.43. The van der Waals surface area contributed by atoms with E-state index in [2.05, 4.69) is 0 Å². The Kier molecular flexibility index (Phi) is 4.87. The highest BCUT2D eigenvalue weighted by molar-refractivity contribution is 5.49. The molecule has 1 rings (SSSR count). The first kappa shape index (κ1) is 9.93. The first-order valence-corrected chi connectivity index (χ1v) is 4.34. The number of carbonyl (C=O) groups is 1. The lowest BCUT2D eigenvalue weighted by molar-refractivity contribution is -0.108. The van der Waals surface area contributed by atoms with Gasteiger partial charge in [-0.15, -0.1) is 0 Å². The van der Waals surface area contributed by atoms with Crippen LogP contribution in [0.5, 0.6) is 0 Å². The van der Waals surface area contributed by atoms with Crippen LogP contribution in [0.2, 0.25) is 0 Å². The van der Waals surface area contributed by atoms with Gasteiger partial charge < -0.3 is 9.53 Å². The van der Waals surface area contributed by atoms with E-state index < -0.39 is 0 Å². The van der Waals surface area contributed by atoms with Crippen molar-refractivity contribution in [1.29, 1.82) is 0 Å². The molecule has 0 unspecified atom stereocenters. The Bertz CT molecular complexity index is 231. The Hall–Kier alpha value is -1.15. The lowest BCUT2D eigenvalue weighted by Crippen LogP contribution is -1.90. The zero-order chi connectivity index (χ0) is 9.36. The van der Waals surface area contributed by atoms with Crippen molar-refractivity contribution in [2.24, 2.45) is 0 Å². The SMILES string of the molecule is O=CCC[CH]OCc1ccccc1. The van der Waals surface area contributed by atoms with Gasteiger partial charge in [0.2, 0.25) is 0 Å². The molecular formula is C11H13O2. The predicted octanol–water partition coefficient (Wildman–Crippen LogP) is 2.34. The molecule has 1 aromatic rings. The predicted molar refractivity (Wildman–Crippen MR) is 50.8 cm³/mol. The minimum absolute atomic E-state index is 0.536. The molecule has 0 fully saturated rings. The second kappa shape index (κ2) is 6.38. The summed E-state index contributed by atoms with van der Waals surface area (Å²) < 4.78 is 5.24. The van der Waals surface area contributed by atoms with Crippen LogP contribution < -0.4 is 0 Å². The van der Waals surface area contributed by atoms with Crippen LogP contribution in [0.25, 0.3) is 0 Å². The fourth-order valence-electron chi connectivity index (χ4n) is 0.949. The molecule has 0 atom stereocenters. The summed E-state index contributed by atoms with van der Waals surface area (Å²) in [5.41, 5.74) is 1.14. The average Bonchev–Trinajstić information content (AvgIpc) is 2.19. The maximum Gasteiger partial charge on any atom is 0.120 e. The molecule has 0 bridgehead atoms. The van der Waals surface area contributed by atoms with E-state index in [-0.39, 0.29) is 0 Å². The van der Waals surface area contributed by atoms with Gasteiger partial charge in [-0.05, 0) is 12.0 Å². The summed E-state index contributed by atoms with van der Waals surface area (Å²) in [6, 6.07) is 9.94. The highest BCUT2D eigenvalue weighted by Crippen LogP contribution is 2.02. The molecule has 0 spiro atoms. The summed E-state index contributed by atoms with van der Waals surface area (Å²) in [6.45, 7) is 2.26. The van der Waals surface area contributed by atoms with Crippen molar-refractivity contribution < 1.29 is 9.53 Å². The second-order valence-corrected chi connectivity index (χ2v) is 2.71. The number of rotatable bonds is 6. The van der Waals surface area contributed by atoms with Crippen molar-refractivity contribution >= 4 is 6.29 Å². The van der Waals surface area contributed by atoms with Crippen LogP contribution in [0.4, 0.5) is 0 Å². The van der Waals surface area contributed by atoms with Crippen molar-refractivity contribution in [1.82, 2.24) is 0 Å². The normalized spacial score (nSPS) is 9.85. The van der Waals surface area contributed by atoms with Gasteiger partial charge in [0, 0.05) is 6.42 Å². The smallest absolute Gasteiger partial charge is 0.120 e. The third-order valence-electron chi connectivity index (χ3n) is 1.61. The van der Waals surface area contributed by atoms with Gasteiger partial charge >= 0.3 is 0 Å². The van der Waals surface area contributed by atoms with Crippen LogP contribution in [0.15, 0.2) is 30.3 Å². The van der Waals surface area contributed by atoms with Gasteiger partial charge in [-0.3, -0.25) is 0 Å². The van der Waals surface area contributed by atoms with E-state index in [0.29, 0.717) is 19.4 Å². The molecular weight excluding hydrogens is 164 g/mol. The zero-order valence-electron chi connectivity index (χ0n) is 7.48. The van der Waals surface area contributed by atoms with Gasteiger partial charge in [-0.25, -0.2) is 0 Å². The number of ether oxygens (including phenoxy) is 1. The van der Waals surface area contributed by atoms with Gasteiger partial charge in [-0.2, -0.15) is 0 Å². The van der Waals surface area contributed by atoms with Gasteiger partial charge in [-0.1, -0.05) is 30.3 Å². The molecule has 0 amide bonds. The Morgan fingerprint density at radius 2 is 1.92 bits per heavy atom. The Labute approximate surface area is 78.5 Å². The summed E-state index contributed by atoms with van der Waals surface area (Å²) in [4.78, 5) is 9.96. The maximum absolute atomic E-state index is 9.96. The summed E-state index contributed by atoms with van der Waals surface area (Å²) in [5, 5.41) is 0. The molecule has 1 radical (unpaired) electrons. The molecule has 0 aliphatic heterocycles. The van der Waals surface area contributed by atoms with Crippen LogP contribution in [-0.4, -0.2) is 6.29 Å². The van der Waals surface area contributed by atoms with E-state index in [9.17, 15) is 4.79 Å².